The van der Waals surface area contributed by atoms with Crippen LogP contribution in [0.3, 0.4) is 0 Å². The fourth-order valence-electron chi connectivity index (χ4n) is 1.31. The number of nitro groups is 1. The van der Waals surface area contributed by atoms with Crippen molar-refractivity contribution in [2.24, 2.45) is 10.7 Å². The van der Waals surface area contributed by atoms with Crippen LogP contribution < -0.4 is 11.1 Å². The topological polar surface area (TPSA) is 134 Å². The van der Waals surface area contributed by atoms with Gasteiger partial charge >= 0.3 is 0 Å². The quantitative estimate of drug-likeness (QED) is 0.212. The number of amidine groups is 1. The fourth-order valence-corrected chi connectivity index (χ4v) is 1.65. The molecule has 0 bridgehead atoms. The minimum atomic E-state index is -0.955. The van der Waals surface area contributed by atoms with E-state index in [4.69, 9.17) is 11.0 Å². The van der Waals surface area contributed by atoms with Crippen LogP contribution in [0.25, 0.3) is 0 Å². The van der Waals surface area contributed by atoms with Gasteiger partial charge in [-0.1, -0.05) is 17.8 Å². The van der Waals surface area contributed by atoms with Crippen LogP contribution in [0.1, 0.15) is 10.4 Å². The Balaban J connectivity index is 3.44. The van der Waals surface area contributed by atoms with E-state index in [9.17, 15) is 14.9 Å². The third-order valence-electron chi connectivity index (χ3n) is 2.04. The number of benzene rings is 1. The number of nitrogens with two attached hydrogens (primary N) is 1. The molecule has 0 heterocycles. The zero-order valence-electron chi connectivity index (χ0n) is 9.78. The summed E-state index contributed by atoms with van der Waals surface area (Å²) in [6.07, 6.45) is 3.33. The van der Waals surface area contributed by atoms with Gasteiger partial charge in [-0.3, -0.25) is 20.2 Å². The van der Waals surface area contributed by atoms with Crippen molar-refractivity contribution < 1.29 is 9.72 Å². The van der Waals surface area contributed by atoms with Gasteiger partial charge < -0.3 is 5.73 Å². The van der Waals surface area contributed by atoms with Gasteiger partial charge in [-0.25, -0.2) is 4.99 Å². The highest BCUT2D eigenvalue weighted by atomic mass is 32.2. The molecule has 98 valence electrons. The number of hydrogen-bond donors (Lipinski definition) is 2. The van der Waals surface area contributed by atoms with Crippen LogP contribution in [0.5, 0.6) is 0 Å². The first kappa shape index (κ1) is 14.5. The molecule has 0 radical (unpaired) electrons. The second-order valence-corrected chi connectivity index (χ2v) is 3.95. The Morgan fingerprint density at radius 2 is 2.32 bits per heavy atom. The van der Waals surface area contributed by atoms with E-state index in [-0.39, 0.29) is 16.4 Å². The number of nitrogens with zero attached hydrogens (tertiary/aromatic N) is 3. The Morgan fingerprint density at radius 3 is 2.79 bits per heavy atom. The molecule has 0 aromatic heterocycles. The molecule has 0 saturated heterocycles. The number of thioether (sulfide) groups is 1. The first-order valence-corrected chi connectivity index (χ1v) is 6.08. The van der Waals surface area contributed by atoms with Gasteiger partial charge in [0.15, 0.2) is 11.4 Å². The maximum absolute atomic E-state index is 11.3. The second kappa shape index (κ2) is 6.36. The molecule has 1 rings (SSSR count). The molecule has 1 amide bonds. The van der Waals surface area contributed by atoms with Crippen LogP contribution in [0, 0.1) is 21.6 Å². The summed E-state index contributed by atoms with van der Waals surface area (Å²) < 4.78 is 0. The number of hydrogen-bond acceptors (Lipinski definition) is 6. The molecule has 0 fully saturated rings. The predicted octanol–water partition coefficient (Wildman–Crippen LogP) is 1.11. The highest BCUT2D eigenvalue weighted by Crippen LogP contribution is 2.28. The second-order valence-electron chi connectivity index (χ2n) is 3.15. The van der Waals surface area contributed by atoms with E-state index in [0.29, 0.717) is 0 Å². The van der Waals surface area contributed by atoms with E-state index < -0.39 is 16.5 Å². The maximum atomic E-state index is 11.3. The molecular weight excluding hydrogens is 270 g/mol. The van der Waals surface area contributed by atoms with Crippen molar-refractivity contribution in [2.45, 2.75) is 0 Å². The number of aliphatic imine (C=N–C) groups is 1. The first-order valence-electron chi connectivity index (χ1n) is 4.86. The van der Waals surface area contributed by atoms with E-state index in [1.807, 2.05) is 0 Å². The van der Waals surface area contributed by atoms with Gasteiger partial charge in [0.05, 0.1) is 10.6 Å². The number of nitrogens with one attached hydrogen (secondary N) is 1. The minimum absolute atomic E-state index is 0.0359. The number of nitriles is 1. The van der Waals surface area contributed by atoms with Gasteiger partial charge in [0.25, 0.3) is 11.6 Å². The number of amides is 1. The lowest BCUT2D eigenvalue weighted by Crippen LogP contribution is -2.16. The molecule has 0 aliphatic carbocycles. The van der Waals surface area contributed by atoms with E-state index in [2.05, 4.69) is 10.3 Å². The Hall–Kier alpha value is -2.60. The normalized spacial score (nSPS) is 10.6. The molecule has 1 aromatic carbocycles. The first-order chi connectivity index (χ1) is 9.01. The Kier molecular flexibility index (Phi) is 4.84. The molecule has 0 unspecified atom stereocenters. The van der Waals surface area contributed by atoms with Gasteiger partial charge in [-0.15, -0.1) is 0 Å². The number of primary amides is 1. The van der Waals surface area contributed by atoms with Gasteiger partial charge in [0.2, 0.25) is 0 Å². The third kappa shape index (κ3) is 3.43. The Bertz CT molecular complexity index is 593. The summed E-state index contributed by atoms with van der Waals surface area (Å²) in [5, 5.41) is 21.8. The van der Waals surface area contributed by atoms with E-state index in [0.717, 1.165) is 17.8 Å². The minimum Gasteiger partial charge on any atom is -0.365 e. The summed E-state index contributed by atoms with van der Waals surface area (Å²) in [5.74, 6) is -0.955. The molecule has 19 heavy (non-hydrogen) atoms. The molecule has 3 N–H and O–H groups in total. The Morgan fingerprint density at radius 1 is 1.63 bits per heavy atom. The van der Waals surface area contributed by atoms with Gasteiger partial charge in [0, 0.05) is 6.07 Å². The van der Waals surface area contributed by atoms with Crippen molar-refractivity contribution in [3.63, 3.8) is 0 Å². The van der Waals surface area contributed by atoms with Crippen molar-refractivity contribution in [3.8, 4) is 6.19 Å². The van der Waals surface area contributed by atoms with E-state index in [1.54, 1.807) is 12.4 Å². The van der Waals surface area contributed by atoms with Crippen LogP contribution in [-0.4, -0.2) is 22.3 Å². The summed E-state index contributed by atoms with van der Waals surface area (Å²) in [6, 6.07) is 3.95. The maximum Gasteiger partial charge on any atom is 0.284 e. The fraction of sp³-hybridized carbons (Fsp3) is 0.100. The van der Waals surface area contributed by atoms with Crippen molar-refractivity contribution >= 4 is 34.2 Å². The zero-order chi connectivity index (χ0) is 14.4. The number of carbonyl (C=O) groups is 1. The smallest absolute Gasteiger partial charge is 0.284 e. The molecule has 8 nitrogen and oxygen atoms in total. The number of rotatable bonds is 3. The van der Waals surface area contributed by atoms with Crippen LogP contribution in [0.4, 0.5) is 11.4 Å². The van der Waals surface area contributed by atoms with Gasteiger partial charge in [-0.2, -0.15) is 5.26 Å². The highest BCUT2D eigenvalue weighted by Gasteiger charge is 2.22. The highest BCUT2D eigenvalue weighted by molar-refractivity contribution is 8.13. The third-order valence-corrected chi connectivity index (χ3v) is 2.62. The summed E-state index contributed by atoms with van der Waals surface area (Å²) in [4.78, 5) is 25.4. The largest absolute Gasteiger partial charge is 0.365 e. The zero-order valence-corrected chi connectivity index (χ0v) is 10.6. The van der Waals surface area contributed by atoms with Gasteiger partial charge in [-0.05, 0) is 12.3 Å². The molecule has 0 spiro atoms. The average molecular weight is 279 g/mol. The summed E-state index contributed by atoms with van der Waals surface area (Å²) in [6.45, 7) is 0. The van der Waals surface area contributed by atoms with Crippen molar-refractivity contribution in [2.75, 3.05) is 6.26 Å². The average Bonchev–Trinajstić information content (AvgIpc) is 2.37. The number of carbonyl (C=O) groups excluding carboxylic acids is 1. The predicted molar refractivity (Wildman–Crippen MR) is 71.0 cm³/mol. The lowest BCUT2D eigenvalue weighted by Gasteiger charge is -2.04. The molecule has 0 aliphatic rings. The Labute approximate surface area is 112 Å². The molecule has 0 atom stereocenters. The summed E-state index contributed by atoms with van der Waals surface area (Å²) >= 11 is 1.12. The molecular formula is C10H9N5O3S. The van der Waals surface area contributed by atoms with E-state index in [1.165, 1.54) is 12.1 Å². The van der Waals surface area contributed by atoms with Crippen molar-refractivity contribution in [1.29, 1.82) is 5.26 Å². The van der Waals surface area contributed by atoms with Crippen LogP contribution in [-0.2, 0) is 0 Å². The monoisotopic (exact) mass is 279 g/mol. The lowest BCUT2D eigenvalue weighted by atomic mass is 10.1. The summed E-state index contributed by atoms with van der Waals surface area (Å²) in [7, 11) is 0. The standard InChI is InChI=1S/C10H9N5O3S/c1-19-10(13-5-11)14-6-3-2-4-7(15(17)18)8(6)9(12)16/h2-4H,1H3,(H2,12,16)(H,13,14). The molecule has 1 aromatic rings. The number of nitro benzene ring substituents is 1. The molecule has 0 saturated carbocycles. The van der Waals surface area contributed by atoms with Crippen LogP contribution in [0.2, 0.25) is 0 Å². The summed E-state index contributed by atoms with van der Waals surface area (Å²) in [5.41, 5.74) is 4.46. The van der Waals surface area contributed by atoms with E-state index >= 15 is 0 Å². The van der Waals surface area contributed by atoms with Gasteiger partial charge in [0.1, 0.15) is 5.56 Å². The lowest BCUT2D eigenvalue weighted by molar-refractivity contribution is -0.385. The van der Waals surface area contributed by atoms with Crippen LogP contribution in [0.15, 0.2) is 23.2 Å². The molecule has 0 aliphatic heterocycles. The SMILES string of the molecule is CSC(=Nc1cccc([N+](=O)[O-])c1C(N)=O)NC#N. The van der Waals surface area contributed by atoms with Crippen LogP contribution >= 0.6 is 11.8 Å². The van der Waals surface area contributed by atoms with Crippen molar-refractivity contribution in [3.05, 3.63) is 33.9 Å². The molecule has 9 heteroatoms. The van der Waals surface area contributed by atoms with Crippen molar-refractivity contribution in [1.82, 2.24) is 5.32 Å².